The molecule has 0 fully saturated rings. The van der Waals surface area contributed by atoms with E-state index >= 15 is 0 Å². The van der Waals surface area contributed by atoms with Crippen LogP contribution in [0.1, 0.15) is 11.1 Å². The van der Waals surface area contributed by atoms with Gasteiger partial charge in [-0.05, 0) is 35.9 Å². The van der Waals surface area contributed by atoms with Crippen LogP contribution in [0.25, 0.3) is 10.8 Å². The molecular weight excluding hydrogens is 350 g/mol. The fourth-order valence-electron chi connectivity index (χ4n) is 2.65. The molecule has 1 aromatic heterocycles. The highest BCUT2D eigenvalue weighted by molar-refractivity contribution is 6.02. The number of nitrogens with zero attached hydrogens (tertiary/aromatic N) is 2. The number of carbonyl (C=O) groups is 1. The molecule has 0 aliphatic heterocycles. The smallest absolute Gasteiger partial charge is 0.351 e. The summed E-state index contributed by atoms with van der Waals surface area (Å²) in [4.78, 5) is 16.8. The Hall–Kier alpha value is -3.16. The monoisotopic (exact) mass is 363 g/mol. The van der Waals surface area contributed by atoms with Crippen molar-refractivity contribution in [3.8, 4) is 0 Å². The van der Waals surface area contributed by atoms with E-state index < -0.39 is 23.6 Å². The Kier molecular flexibility index (Phi) is 4.50. The third-order valence-electron chi connectivity index (χ3n) is 3.90. The fraction of sp³-hybridized carbons (Fsp3) is 0.111. The number of rotatable bonds is 3. The van der Waals surface area contributed by atoms with E-state index in [0.29, 0.717) is 16.3 Å². The van der Waals surface area contributed by atoms with Gasteiger partial charge in [0.1, 0.15) is 5.82 Å². The lowest BCUT2D eigenvalue weighted by atomic mass is 10.1. The van der Waals surface area contributed by atoms with Crippen LogP contribution in [-0.4, -0.2) is 11.0 Å². The van der Waals surface area contributed by atoms with Crippen LogP contribution in [0, 0.1) is 5.82 Å². The molecule has 0 spiro atoms. The molecule has 8 heteroatoms. The minimum Gasteiger partial charge on any atom is -0.351 e. The minimum absolute atomic E-state index is 0.0442. The standard InChI is InChI=1S/C18H13F4N3O/c19-15-6-3-12-9-24-8-7-14(12)16(15)25(17(23)26)10-11-1-4-13(5-2-11)18(20,21)22/h1-9H,10H2,(H2,23,26). The molecule has 2 aromatic carbocycles. The number of alkyl halides is 3. The highest BCUT2D eigenvalue weighted by atomic mass is 19.4. The number of primary amides is 1. The Morgan fingerprint density at radius 1 is 1.08 bits per heavy atom. The van der Waals surface area contributed by atoms with Crippen LogP contribution < -0.4 is 10.6 Å². The van der Waals surface area contributed by atoms with Crippen LogP contribution in [0.15, 0.2) is 54.9 Å². The van der Waals surface area contributed by atoms with Gasteiger partial charge in [0.15, 0.2) is 0 Å². The molecular formula is C18H13F4N3O. The van der Waals surface area contributed by atoms with Gasteiger partial charge in [0.2, 0.25) is 0 Å². The van der Waals surface area contributed by atoms with Crippen molar-refractivity contribution in [3.05, 3.63) is 71.8 Å². The van der Waals surface area contributed by atoms with Gasteiger partial charge in [0, 0.05) is 23.2 Å². The number of fused-ring (bicyclic) bond motifs is 1. The number of halogens is 4. The number of urea groups is 1. The largest absolute Gasteiger partial charge is 0.416 e. The molecule has 3 aromatic rings. The van der Waals surface area contributed by atoms with Crippen LogP contribution in [0.5, 0.6) is 0 Å². The number of amides is 2. The first kappa shape index (κ1) is 17.7. The average Bonchev–Trinajstić information content (AvgIpc) is 2.59. The number of pyridine rings is 1. The number of carbonyl (C=O) groups excluding carboxylic acids is 1. The van der Waals surface area contributed by atoms with E-state index in [0.717, 1.165) is 17.0 Å². The van der Waals surface area contributed by atoms with E-state index in [9.17, 15) is 22.4 Å². The summed E-state index contributed by atoms with van der Waals surface area (Å²) < 4.78 is 52.4. The molecule has 3 rings (SSSR count). The molecule has 26 heavy (non-hydrogen) atoms. The van der Waals surface area contributed by atoms with Crippen LogP contribution in [-0.2, 0) is 12.7 Å². The van der Waals surface area contributed by atoms with Gasteiger partial charge in [0.25, 0.3) is 0 Å². The number of hydrogen-bond donors (Lipinski definition) is 1. The summed E-state index contributed by atoms with van der Waals surface area (Å²) in [5.41, 5.74) is 4.92. The second-order valence-electron chi connectivity index (χ2n) is 5.61. The van der Waals surface area contributed by atoms with Crippen molar-refractivity contribution in [1.29, 1.82) is 0 Å². The lowest BCUT2D eigenvalue weighted by Crippen LogP contribution is -2.36. The number of nitrogens with two attached hydrogens (primary N) is 1. The van der Waals surface area contributed by atoms with Gasteiger partial charge in [-0.3, -0.25) is 9.88 Å². The van der Waals surface area contributed by atoms with Gasteiger partial charge in [-0.1, -0.05) is 12.1 Å². The molecule has 0 aliphatic rings. The van der Waals surface area contributed by atoms with E-state index in [2.05, 4.69) is 4.98 Å². The van der Waals surface area contributed by atoms with E-state index in [1.54, 1.807) is 0 Å². The summed E-state index contributed by atoms with van der Waals surface area (Å²) in [5.74, 6) is -0.672. The van der Waals surface area contributed by atoms with Crippen molar-refractivity contribution < 1.29 is 22.4 Å². The van der Waals surface area contributed by atoms with Gasteiger partial charge in [0.05, 0.1) is 17.8 Å². The average molecular weight is 363 g/mol. The predicted octanol–water partition coefficient (Wildman–Crippen LogP) is 4.48. The Labute approximate surface area is 145 Å². The molecule has 0 radical (unpaired) electrons. The maximum atomic E-state index is 14.4. The van der Waals surface area contributed by atoms with Crippen molar-refractivity contribution in [2.75, 3.05) is 4.90 Å². The third-order valence-corrected chi connectivity index (χ3v) is 3.90. The molecule has 0 aliphatic carbocycles. The quantitative estimate of drug-likeness (QED) is 0.698. The summed E-state index contributed by atoms with van der Waals surface area (Å²) in [6, 6.07) is 7.56. The number of aromatic nitrogens is 1. The first-order chi connectivity index (χ1) is 12.3. The van der Waals surface area contributed by atoms with Crippen molar-refractivity contribution in [2.24, 2.45) is 5.73 Å². The van der Waals surface area contributed by atoms with Crippen LogP contribution in [0.2, 0.25) is 0 Å². The van der Waals surface area contributed by atoms with Crippen molar-refractivity contribution >= 4 is 22.5 Å². The fourth-order valence-corrected chi connectivity index (χ4v) is 2.65. The summed E-state index contributed by atoms with van der Waals surface area (Å²) >= 11 is 0. The van der Waals surface area contributed by atoms with Gasteiger partial charge >= 0.3 is 12.2 Å². The molecule has 4 nitrogen and oxygen atoms in total. The van der Waals surface area contributed by atoms with Crippen molar-refractivity contribution in [3.63, 3.8) is 0 Å². The highest BCUT2D eigenvalue weighted by Crippen LogP contribution is 2.32. The summed E-state index contributed by atoms with van der Waals surface area (Å²) in [6.07, 6.45) is -1.51. The molecule has 1 heterocycles. The number of anilines is 1. The molecule has 2 amide bonds. The number of benzene rings is 2. The maximum absolute atomic E-state index is 14.4. The lowest BCUT2D eigenvalue weighted by molar-refractivity contribution is -0.137. The zero-order chi connectivity index (χ0) is 18.9. The highest BCUT2D eigenvalue weighted by Gasteiger charge is 2.30. The lowest BCUT2D eigenvalue weighted by Gasteiger charge is -2.23. The summed E-state index contributed by atoms with van der Waals surface area (Å²) in [5, 5.41) is 1.02. The first-order valence-corrected chi connectivity index (χ1v) is 7.52. The third kappa shape index (κ3) is 3.44. The molecule has 134 valence electrons. The van der Waals surface area contributed by atoms with E-state index in [1.807, 2.05) is 0 Å². The van der Waals surface area contributed by atoms with Crippen molar-refractivity contribution in [2.45, 2.75) is 12.7 Å². The van der Waals surface area contributed by atoms with Crippen LogP contribution in [0.4, 0.5) is 28.0 Å². The Morgan fingerprint density at radius 2 is 1.77 bits per heavy atom. The summed E-state index contributed by atoms with van der Waals surface area (Å²) in [6.45, 7) is -0.175. The second-order valence-corrected chi connectivity index (χ2v) is 5.61. The summed E-state index contributed by atoms with van der Waals surface area (Å²) in [7, 11) is 0. The Balaban J connectivity index is 2.01. The molecule has 2 N–H and O–H groups in total. The van der Waals surface area contributed by atoms with Gasteiger partial charge in [-0.2, -0.15) is 13.2 Å². The maximum Gasteiger partial charge on any atom is 0.416 e. The van der Waals surface area contributed by atoms with Crippen LogP contribution in [0.3, 0.4) is 0 Å². The predicted molar refractivity (Wildman–Crippen MR) is 88.9 cm³/mol. The van der Waals surface area contributed by atoms with Crippen LogP contribution >= 0.6 is 0 Å². The Bertz CT molecular complexity index is 955. The zero-order valence-electron chi connectivity index (χ0n) is 13.3. The Morgan fingerprint density at radius 3 is 2.38 bits per heavy atom. The van der Waals surface area contributed by atoms with Gasteiger partial charge < -0.3 is 5.73 Å². The SMILES string of the molecule is NC(=O)N(Cc1ccc(C(F)(F)F)cc1)c1c(F)ccc2cnccc12. The number of hydrogen-bond acceptors (Lipinski definition) is 2. The normalized spacial score (nSPS) is 11.5. The van der Waals surface area contributed by atoms with Gasteiger partial charge in [-0.25, -0.2) is 9.18 Å². The van der Waals surface area contributed by atoms with E-state index in [-0.39, 0.29) is 12.2 Å². The second kappa shape index (κ2) is 6.62. The van der Waals surface area contributed by atoms with E-state index in [1.165, 1.54) is 42.7 Å². The first-order valence-electron chi connectivity index (χ1n) is 7.52. The molecule has 0 saturated carbocycles. The molecule has 0 atom stereocenters. The van der Waals surface area contributed by atoms with Crippen molar-refractivity contribution in [1.82, 2.24) is 4.98 Å². The molecule has 0 saturated heterocycles. The molecule has 0 bridgehead atoms. The minimum atomic E-state index is -4.46. The van der Waals surface area contributed by atoms with E-state index in [4.69, 9.17) is 5.73 Å². The van der Waals surface area contributed by atoms with Gasteiger partial charge in [-0.15, -0.1) is 0 Å². The zero-order valence-corrected chi connectivity index (χ0v) is 13.3. The molecule has 0 unspecified atom stereocenters. The topological polar surface area (TPSA) is 59.2 Å².